The molecule has 1 N–H and O–H groups in total. The van der Waals surface area contributed by atoms with Crippen LogP contribution in [0, 0.1) is 5.92 Å². The summed E-state index contributed by atoms with van der Waals surface area (Å²) in [5, 5.41) is 3.26. The Morgan fingerprint density at radius 3 is 2.85 bits per heavy atom. The Morgan fingerprint density at radius 1 is 1.35 bits per heavy atom. The molecule has 1 aromatic carbocycles. The van der Waals surface area contributed by atoms with Crippen LogP contribution >= 0.6 is 0 Å². The number of hydrogen-bond donors (Lipinski definition) is 1. The number of carbonyl (C=O) groups is 1. The third kappa shape index (κ3) is 3.87. The molecule has 0 spiro atoms. The summed E-state index contributed by atoms with van der Waals surface area (Å²) in [5.74, 6) is 1.32. The molecule has 0 amide bonds. The van der Waals surface area contributed by atoms with Gasteiger partial charge in [-0.3, -0.25) is 4.79 Å². The first kappa shape index (κ1) is 14.7. The topological polar surface area (TPSA) is 56.8 Å². The van der Waals surface area contributed by atoms with Crippen molar-refractivity contribution >= 4 is 5.97 Å². The Balaban J connectivity index is 1.76. The lowest BCUT2D eigenvalue weighted by molar-refractivity contribution is -0.144. The second kappa shape index (κ2) is 7.14. The van der Waals surface area contributed by atoms with E-state index in [2.05, 4.69) is 10.1 Å². The van der Waals surface area contributed by atoms with Crippen molar-refractivity contribution in [3.05, 3.63) is 23.8 Å². The minimum absolute atomic E-state index is 0.125. The van der Waals surface area contributed by atoms with Crippen LogP contribution in [0.25, 0.3) is 0 Å². The molecule has 0 fully saturated rings. The number of esters is 1. The summed E-state index contributed by atoms with van der Waals surface area (Å²) in [5.41, 5.74) is 1.19. The van der Waals surface area contributed by atoms with Crippen LogP contribution in [0.2, 0.25) is 0 Å². The highest BCUT2D eigenvalue weighted by atomic mass is 16.6. The van der Waals surface area contributed by atoms with Gasteiger partial charge in [0.1, 0.15) is 13.2 Å². The van der Waals surface area contributed by atoms with Gasteiger partial charge in [-0.25, -0.2) is 0 Å². The van der Waals surface area contributed by atoms with Crippen molar-refractivity contribution in [3.63, 3.8) is 0 Å². The van der Waals surface area contributed by atoms with Gasteiger partial charge in [0.25, 0.3) is 0 Å². The SMILES string of the molecule is COC(=O)C(C)CNCCc1ccc2c(c1)OCCO2. The van der Waals surface area contributed by atoms with Crippen molar-refractivity contribution in [2.24, 2.45) is 5.92 Å². The Bertz CT molecular complexity index is 461. The van der Waals surface area contributed by atoms with Gasteiger partial charge in [-0.15, -0.1) is 0 Å². The quantitative estimate of drug-likeness (QED) is 0.630. The molecule has 1 atom stereocenters. The molecule has 5 nitrogen and oxygen atoms in total. The number of benzene rings is 1. The number of rotatable bonds is 6. The number of carbonyl (C=O) groups excluding carboxylic acids is 1. The van der Waals surface area contributed by atoms with Gasteiger partial charge in [-0.05, 0) is 30.7 Å². The fraction of sp³-hybridized carbons (Fsp3) is 0.533. The van der Waals surface area contributed by atoms with E-state index in [1.54, 1.807) is 0 Å². The number of nitrogens with one attached hydrogen (secondary N) is 1. The number of ether oxygens (including phenoxy) is 3. The van der Waals surface area contributed by atoms with Crippen molar-refractivity contribution in [1.82, 2.24) is 5.32 Å². The lowest BCUT2D eigenvalue weighted by Gasteiger charge is -2.19. The lowest BCUT2D eigenvalue weighted by atomic mass is 10.1. The fourth-order valence-electron chi connectivity index (χ4n) is 2.08. The maximum atomic E-state index is 11.2. The number of methoxy groups -OCH3 is 1. The zero-order valence-corrected chi connectivity index (χ0v) is 12.0. The fourth-order valence-corrected chi connectivity index (χ4v) is 2.08. The summed E-state index contributed by atoms with van der Waals surface area (Å²) >= 11 is 0. The summed E-state index contributed by atoms with van der Waals surface area (Å²) in [6.45, 7) is 4.49. The van der Waals surface area contributed by atoms with E-state index in [0.29, 0.717) is 19.8 Å². The van der Waals surface area contributed by atoms with Crippen molar-refractivity contribution in [3.8, 4) is 11.5 Å². The Labute approximate surface area is 119 Å². The smallest absolute Gasteiger partial charge is 0.309 e. The Kier molecular flexibility index (Phi) is 5.24. The zero-order valence-electron chi connectivity index (χ0n) is 12.0. The highest BCUT2D eigenvalue weighted by Crippen LogP contribution is 2.30. The first-order chi connectivity index (χ1) is 9.70. The summed E-state index contributed by atoms with van der Waals surface area (Å²) in [6, 6.07) is 6.00. The first-order valence-corrected chi connectivity index (χ1v) is 6.88. The van der Waals surface area contributed by atoms with Crippen molar-refractivity contribution in [2.45, 2.75) is 13.3 Å². The van der Waals surface area contributed by atoms with E-state index in [1.807, 2.05) is 25.1 Å². The monoisotopic (exact) mass is 279 g/mol. The van der Waals surface area contributed by atoms with E-state index in [-0.39, 0.29) is 11.9 Å². The molecule has 0 saturated carbocycles. The summed E-state index contributed by atoms with van der Waals surface area (Å²) < 4.78 is 15.7. The second-order valence-electron chi connectivity index (χ2n) is 4.86. The van der Waals surface area contributed by atoms with Crippen LogP contribution < -0.4 is 14.8 Å². The van der Waals surface area contributed by atoms with E-state index in [9.17, 15) is 4.79 Å². The zero-order chi connectivity index (χ0) is 14.4. The lowest BCUT2D eigenvalue weighted by Crippen LogP contribution is -2.28. The molecule has 1 aliphatic heterocycles. The van der Waals surface area contributed by atoms with Crippen molar-refractivity contribution in [1.29, 1.82) is 0 Å². The van der Waals surface area contributed by atoms with Gasteiger partial charge < -0.3 is 19.5 Å². The van der Waals surface area contributed by atoms with Gasteiger partial charge in [0.2, 0.25) is 0 Å². The van der Waals surface area contributed by atoms with Gasteiger partial charge in [0.05, 0.1) is 13.0 Å². The van der Waals surface area contributed by atoms with E-state index >= 15 is 0 Å². The van der Waals surface area contributed by atoms with Gasteiger partial charge in [-0.2, -0.15) is 0 Å². The maximum absolute atomic E-state index is 11.2. The van der Waals surface area contributed by atoms with Crippen molar-refractivity contribution < 1.29 is 19.0 Å². The van der Waals surface area contributed by atoms with Crippen LogP contribution in [0.5, 0.6) is 11.5 Å². The molecule has 110 valence electrons. The van der Waals surface area contributed by atoms with Crippen molar-refractivity contribution in [2.75, 3.05) is 33.4 Å². The highest BCUT2D eigenvalue weighted by Gasteiger charge is 2.13. The standard InChI is InChI=1S/C15H21NO4/c1-11(15(17)18-2)10-16-6-5-12-3-4-13-14(9-12)20-8-7-19-13/h3-4,9,11,16H,5-8,10H2,1-2H3. The predicted molar refractivity (Wildman–Crippen MR) is 75.2 cm³/mol. The molecule has 1 aliphatic rings. The molecule has 0 aliphatic carbocycles. The Morgan fingerprint density at radius 2 is 2.10 bits per heavy atom. The minimum Gasteiger partial charge on any atom is -0.486 e. The van der Waals surface area contributed by atoms with E-state index in [4.69, 9.17) is 9.47 Å². The van der Waals surface area contributed by atoms with Crippen LogP contribution in [0.3, 0.4) is 0 Å². The van der Waals surface area contributed by atoms with Crippen LogP contribution in [-0.4, -0.2) is 39.4 Å². The van der Waals surface area contributed by atoms with Crippen LogP contribution in [-0.2, 0) is 16.0 Å². The summed E-state index contributed by atoms with van der Waals surface area (Å²) in [7, 11) is 1.41. The molecule has 0 bridgehead atoms. The first-order valence-electron chi connectivity index (χ1n) is 6.88. The molecule has 1 unspecified atom stereocenters. The average molecular weight is 279 g/mol. The maximum Gasteiger partial charge on any atom is 0.309 e. The molecular formula is C15H21NO4. The minimum atomic E-state index is -0.183. The molecule has 0 aromatic heterocycles. The van der Waals surface area contributed by atoms with Crippen LogP contribution in [0.1, 0.15) is 12.5 Å². The van der Waals surface area contributed by atoms with Gasteiger partial charge in [-0.1, -0.05) is 13.0 Å². The van der Waals surface area contributed by atoms with E-state index in [1.165, 1.54) is 12.7 Å². The Hall–Kier alpha value is -1.75. The molecule has 1 aromatic rings. The molecule has 0 saturated heterocycles. The van der Waals surface area contributed by atoms with Gasteiger partial charge >= 0.3 is 5.97 Å². The summed E-state index contributed by atoms with van der Waals surface area (Å²) in [6.07, 6.45) is 0.879. The highest BCUT2D eigenvalue weighted by molar-refractivity contribution is 5.72. The van der Waals surface area contributed by atoms with E-state index in [0.717, 1.165) is 24.5 Å². The van der Waals surface area contributed by atoms with Crippen LogP contribution in [0.4, 0.5) is 0 Å². The third-order valence-electron chi connectivity index (χ3n) is 3.25. The second-order valence-corrected chi connectivity index (χ2v) is 4.86. The van der Waals surface area contributed by atoms with E-state index < -0.39 is 0 Å². The largest absolute Gasteiger partial charge is 0.486 e. The number of fused-ring (bicyclic) bond motifs is 1. The third-order valence-corrected chi connectivity index (χ3v) is 3.25. The normalized spacial score (nSPS) is 14.7. The molecule has 0 radical (unpaired) electrons. The molecule has 20 heavy (non-hydrogen) atoms. The molecule has 1 heterocycles. The summed E-state index contributed by atoms with van der Waals surface area (Å²) in [4.78, 5) is 11.2. The predicted octanol–water partition coefficient (Wildman–Crippen LogP) is 1.40. The molecule has 2 rings (SSSR count). The average Bonchev–Trinajstić information content (AvgIpc) is 2.50. The van der Waals surface area contributed by atoms with Gasteiger partial charge in [0, 0.05) is 6.54 Å². The van der Waals surface area contributed by atoms with Crippen LogP contribution in [0.15, 0.2) is 18.2 Å². The van der Waals surface area contributed by atoms with Gasteiger partial charge in [0.15, 0.2) is 11.5 Å². The number of hydrogen-bond acceptors (Lipinski definition) is 5. The molecule has 5 heteroatoms. The molecular weight excluding hydrogens is 258 g/mol.